The minimum Gasteiger partial charge on any atom is -0.309 e. The summed E-state index contributed by atoms with van der Waals surface area (Å²) in [4.78, 5) is 9.95. The molecule has 1 aliphatic rings. The Morgan fingerprint density at radius 3 is 1.66 bits per heavy atom. The molecular formula is C55H43N3. The van der Waals surface area contributed by atoms with Crippen LogP contribution in [0.3, 0.4) is 0 Å². The van der Waals surface area contributed by atoms with Crippen LogP contribution in [0.25, 0.3) is 60.9 Å². The Kier molecular flexibility index (Phi) is 8.79. The smallest absolute Gasteiger partial charge is 0.0633 e. The van der Waals surface area contributed by atoms with Gasteiger partial charge in [0.05, 0.1) is 22.4 Å². The Labute approximate surface area is 340 Å². The zero-order chi connectivity index (χ0) is 39.2. The standard InChI is InChI=1S/C55H43N3/c1-55(2)49-23-13-10-20-45(49)46-31-28-40(35-50(46)55)42-32-41(33-44(34-42)58-53-24-14-11-21-47(53)48-22-12-15-25-54(48)58)37-26-29-43(30-27-37)57-52(39-18-8-5-9-19-39)36-51(56-3)38-16-6-4-7-17-38/h4-35H,36H2,1-3H3. The number of nitrogens with zero attached hydrogens (tertiary/aromatic N) is 3. The zero-order valence-corrected chi connectivity index (χ0v) is 33.0. The summed E-state index contributed by atoms with van der Waals surface area (Å²) in [5.41, 5.74) is 18.6. The molecule has 1 aliphatic carbocycles. The van der Waals surface area contributed by atoms with Gasteiger partial charge < -0.3 is 4.57 Å². The molecule has 1 heterocycles. The molecule has 0 atom stereocenters. The van der Waals surface area contributed by atoms with Crippen LogP contribution in [0.1, 0.15) is 42.5 Å². The van der Waals surface area contributed by atoms with Gasteiger partial charge in [0.25, 0.3) is 0 Å². The van der Waals surface area contributed by atoms with Gasteiger partial charge in [-0.05, 0) is 104 Å². The highest BCUT2D eigenvalue weighted by Gasteiger charge is 2.35. The molecule has 10 rings (SSSR count). The lowest BCUT2D eigenvalue weighted by atomic mass is 9.81. The molecule has 0 aliphatic heterocycles. The van der Waals surface area contributed by atoms with E-state index in [4.69, 9.17) is 9.98 Å². The van der Waals surface area contributed by atoms with E-state index in [0.29, 0.717) is 6.42 Å². The van der Waals surface area contributed by atoms with Crippen molar-refractivity contribution in [2.45, 2.75) is 25.7 Å². The molecule has 0 amide bonds. The summed E-state index contributed by atoms with van der Waals surface area (Å²) in [7, 11) is 1.87. The first-order chi connectivity index (χ1) is 28.5. The summed E-state index contributed by atoms with van der Waals surface area (Å²) < 4.78 is 2.43. The predicted octanol–water partition coefficient (Wildman–Crippen LogP) is 14.1. The van der Waals surface area contributed by atoms with E-state index < -0.39 is 0 Å². The molecule has 0 N–H and O–H groups in total. The Hall–Kier alpha value is -7.10. The van der Waals surface area contributed by atoms with E-state index in [0.717, 1.165) is 45.1 Å². The van der Waals surface area contributed by atoms with Crippen molar-refractivity contribution in [1.82, 2.24) is 4.57 Å². The number of aromatic nitrogens is 1. The van der Waals surface area contributed by atoms with Crippen molar-refractivity contribution in [3.8, 4) is 39.1 Å². The average Bonchev–Trinajstić information content (AvgIpc) is 3.74. The molecule has 0 fully saturated rings. The topological polar surface area (TPSA) is 29.6 Å². The van der Waals surface area contributed by atoms with Crippen molar-refractivity contribution in [1.29, 1.82) is 0 Å². The van der Waals surface area contributed by atoms with Crippen molar-refractivity contribution in [3.05, 3.63) is 216 Å². The predicted molar refractivity (Wildman–Crippen MR) is 245 cm³/mol. The van der Waals surface area contributed by atoms with Gasteiger partial charge in [0, 0.05) is 41.1 Å². The second-order valence-electron chi connectivity index (χ2n) is 15.8. The SMILES string of the molecule is CN=C(CC(=Nc1ccc(-c2cc(-c3ccc4c(c3)C(C)(C)c3ccccc3-4)cc(-n3c4ccccc4c4ccccc43)c2)cc1)c1ccccc1)c1ccccc1. The van der Waals surface area contributed by atoms with Crippen LogP contribution in [0, 0.1) is 0 Å². The van der Waals surface area contributed by atoms with Crippen LogP contribution in [0.5, 0.6) is 0 Å². The number of fused-ring (bicyclic) bond motifs is 6. The normalized spacial score (nSPS) is 13.5. The van der Waals surface area contributed by atoms with Gasteiger partial charge in [-0.3, -0.25) is 9.98 Å². The number of hydrogen-bond donors (Lipinski definition) is 0. The molecule has 0 spiro atoms. The first-order valence-electron chi connectivity index (χ1n) is 20.1. The summed E-state index contributed by atoms with van der Waals surface area (Å²) in [5.74, 6) is 0. The van der Waals surface area contributed by atoms with Crippen molar-refractivity contribution >= 4 is 38.9 Å². The summed E-state index contributed by atoms with van der Waals surface area (Å²) >= 11 is 0. The number of benzene rings is 8. The van der Waals surface area contributed by atoms with Gasteiger partial charge in [0.1, 0.15) is 0 Å². The van der Waals surface area contributed by atoms with E-state index in [1.165, 1.54) is 55.2 Å². The van der Waals surface area contributed by atoms with Crippen LogP contribution in [0.4, 0.5) is 5.69 Å². The van der Waals surface area contributed by atoms with E-state index in [1.54, 1.807) is 0 Å². The molecule has 0 saturated carbocycles. The average molecular weight is 746 g/mol. The van der Waals surface area contributed by atoms with Crippen LogP contribution in [0.2, 0.25) is 0 Å². The van der Waals surface area contributed by atoms with Crippen LogP contribution >= 0.6 is 0 Å². The molecule has 0 bridgehead atoms. The number of para-hydroxylation sites is 2. The maximum absolute atomic E-state index is 5.26. The quantitative estimate of drug-likeness (QED) is 0.139. The van der Waals surface area contributed by atoms with Gasteiger partial charge >= 0.3 is 0 Å². The van der Waals surface area contributed by atoms with Crippen LogP contribution in [-0.4, -0.2) is 23.0 Å². The maximum Gasteiger partial charge on any atom is 0.0633 e. The van der Waals surface area contributed by atoms with Crippen molar-refractivity contribution in [3.63, 3.8) is 0 Å². The Bertz CT molecular complexity index is 2980. The fourth-order valence-electron chi connectivity index (χ4n) is 8.98. The molecule has 1 aromatic heterocycles. The molecular weight excluding hydrogens is 703 g/mol. The second-order valence-corrected chi connectivity index (χ2v) is 15.8. The van der Waals surface area contributed by atoms with Gasteiger partial charge in [-0.25, -0.2) is 0 Å². The lowest BCUT2D eigenvalue weighted by Crippen LogP contribution is -2.14. The summed E-state index contributed by atoms with van der Waals surface area (Å²) in [5, 5.41) is 2.50. The molecule has 0 saturated heterocycles. The molecule has 0 radical (unpaired) electrons. The minimum absolute atomic E-state index is 0.0883. The molecule has 9 aromatic rings. The second kappa shape index (κ2) is 14.4. The van der Waals surface area contributed by atoms with Gasteiger partial charge in [0.15, 0.2) is 0 Å². The van der Waals surface area contributed by atoms with E-state index in [1.807, 2.05) is 19.2 Å². The lowest BCUT2D eigenvalue weighted by molar-refractivity contribution is 0.660. The Morgan fingerprint density at radius 1 is 0.466 bits per heavy atom. The molecule has 58 heavy (non-hydrogen) atoms. The third kappa shape index (κ3) is 6.17. The largest absolute Gasteiger partial charge is 0.309 e. The number of aliphatic imine (C=N–C) groups is 2. The number of hydrogen-bond acceptors (Lipinski definition) is 2. The van der Waals surface area contributed by atoms with Gasteiger partial charge in [-0.1, -0.05) is 159 Å². The van der Waals surface area contributed by atoms with Crippen LogP contribution in [-0.2, 0) is 5.41 Å². The van der Waals surface area contributed by atoms with E-state index in [9.17, 15) is 0 Å². The summed E-state index contributed by atoms with van der Waals surface area (Å²) in [6.45, 7) is 4.71. The van der Waals surface area contributed by atoms with Gasteiger partial charge in [0.2, 0.25) is 0 Å². The fraction of sp³-hybridized carbons (Fsp3) is 0.0909. The highest BCUT2D eigenvalue weighted by molar-refractivity contribution is 6.18. The monoisotopic (exact) mass is 745 g/mol. The fourth-order valence-corrected chi connectivity index (χ4v) is 8.98. The van der Waals surface area contributed by atoms with E-state index >= 15 is 0 Å². The lowest BCUT2D eigenvalue weighted by Gasteiger charge is -2.22. The van der Waals surface area contributed by atoms with Gasteiger partial charge in [-0.2, -0.15) is 0 Å². The first kappa shape index (κ1) is 35.3. The van der Waals surface area contributed by atoms with Crippen molar-refractivity contribution in [2.75, 3.05) is 7.05 Å². The third-order valence-corrected chi connectivity index (χ3v) is 12.0. The minimum atomic E-state index is -0.0883. The van der Waals surface area contributed by atoms with Crippen LogP contribution in [0.15, 0.2) is 204 Å². The van der Waals surface area contributed by atoms with Crippen molar-refractivity contribution < 1.29 is 0 Å². The molecule has 278 valence electrons. The Morgan fingerprint density at radius 2 is 1.00 bits per heavy atom. The highest BCUT2D eigenvalue weighted by Crippen LogP contribution is 2.50. The summed E-state index contributed by atoms with van der Waals surface area (Å²) in [6, 6.07) is 70.0. The van der Waals surface area contributed by atoms with Gasteiger partial charge in [-0.15, -0.1) is 0 Å². The molecule has 0 unspecified atom stereocenters. The highest BCUT2D eigenvalue weighted by atomic mass is 15.0. The van der Waals surface area contributed by atoms with Crippen molar-refractivity contribution in [2.24, 2.45) is 9.98 Å². The van der Waals surface area contributed by atoms with E-state index in [-0.39, 0.29) is 5.41 Å². The number of rotatable bonds is 8. The maximum atomic E-state index is 5.26. The Balaban J connectivity index is 1.10. The molecule has 8 aromatic carbocycles. The van der Waals surface area contributed by atoms with Crippen LogP contribution < -0.4 is 0 Å². The third-order valence-electron chi connectivity index (χ3n) is 12.0. The summed E-state index contributed by atoms with van der Waals surface area (Å²) in [6.07, 6.45) is 0.624. The zero-order valence-electron chi connectivity index (χ0n) is 33.0. The first-order valence-corrected chi connectivity index (χ1v) is 20.1. The van der Waals surface area contributed by atoms with E-state index in [2.05, 4.69) is 200 Å². The molecule has 3 nitrogen and oxygen atoms in total. The molecule has 3 heteroatoms.